The zero-order valence-corrected chi connectivity index (χ0v) is 7.98. The molecule has 1 fully saturated rings. The van der Waals surface area contributed by atoms with E-state index in [9.17, 15) is 0 Å². The van der Waals surface area contributed by atoms with Crippen LogP contribution in [-0.2, 0) is 4.74 Å². The van der Waals surface area contributed by atoms with Gasteiger partial charge in [-0.1, -0.05) is 0 Å². The molecule has 1 aromatic heterocycles. The first-order chi connectivity index (χ1) is 6.84. The molecule has 0 amide bonds. The molecule has 1 atom stereocenters. The molecule has 14 heavy (non-hydrogen) atoms. The molecule has 0 bridgehead atoms. The molecular weight excluding hydrogens is 180 g/mol. The molecule has 1 aliphatic heterocycles. The van der Waals surface area contributed by atoms with Crippen LogP contribution in [0.15, 0.2) is 18.5 Å². The molecule has 4 nitrogen and oxygen atoms in total. The van der Waals surface area contributed by atoms with Crippen molar-refractivity contribution in [2.75, 3.05) is 18.9 Å². The molecule has 0 radical (unpaired) electrons. The Bertz CT molecular complexity index is 298. The largest absolute Gasteiger partial charge is 0.489 e. The number of hydrogen-bond donors (Lipinski definition) is 1. The van der Waals surface area contributed by atoms with Crippen LogP contribution in [0.25, 0.3) is 0 Å². The van der Waals surface area contributed by atoms with Crippen molar-refractivity contribution in [2.24, 2.45) is 0 Å². The maximum Gasteiger partial charge on any atom is 0.139 e. The van der Waals surface area contributed by atoms with Crippen LogP contribution in [0.1, 0.15) is 12.8 Å². The van der Waals surface area contributed by atoms with E-state index < -0.39 is 0 Å². The topological polar surface area (TPSA) is 57.4 Å². The lowest BCUT2D eigenvalue weighted by Crippen LogP contribution is -2.16. The summed E-state index contributed by atoms with van der Waals surface area (Å²) >= 11 is 0. The molecule has 0 aromatic carbocycles. The minimum Gasteiger partial charge on any atom is -0.489 e. The lowest BCUT2D eigenvalue weighted by atomic mass is 10.2. The van der Waals surface area contributed by atoms with E-state index in [-0.39, 0.29) is 6.10 Å². The summed E-state index contributed by atoms with van der Waals surface area (Å²) in [7, 11) is 0. The lowest BCUT2D eigenvalue weighted by molar-refractivity contribution is 0.0678. The number of aromatic nitrogens is 1. The Labute approximate surface area is 83.0 Å². The monoisotopic (exact) mass is 194 g/mol. The molecule has 4 heteroatoms. The molecule has 1 aliphatic rings. The number of nitrogens with two attached hydrogens (primary N) is 1. The SMILES string of the molecule is Nc1cncc(OC[C@H]2CCCO2)c1. The van der Waals surface area contributed by atoms with E-state index in [1.807, 2.05) is 0 Å². The molecule has 2 rings (SSSR count). The standard InChI is InChI=1S/C10H14N2O2/c11-8-4-10(6-12-5-8)14-7-9-2-1-3-13-9/h4-6,9H,1-3,7,11H2/t9-/m1/s1. The summed E-state index contributed by atoms with van der Waals surface area (Å²) in [6.45, 7) is 1.44. The van der Waals surface area contributed by atoms with Gasteiger partial charge in [-0.2, -0.15) is 0 Å². The normalized spacial score (nSPS) is 21.0. The summed E-state index contributed by atoms with van der Waals surface area (Å²) in [6.07, 6.45) is 5.69. The maximum absolute atomic E-state index is 5.57. The quantitative estimate of drug-likeness (QED) is 0.786. The van der Waals surface area contributed by atoms with Gasteiger partial charge in [0.1, 0.15) is 12.4 Å². The number of nitrogen functional groups attached to an aromatic ring is 1. The van der Waals surface area contributed by atoms with Gasteiger partial charge < -0.3 is 15.2 Å². The van der Waals surface area contributed by atoms with Crippen LogP contribution < -0.4 is 10.5 Å². The van der Waals surface area contributed by atoms with Crippen LogP contribution >= 0.6 is 0 Å². The fourth-order valence-electron chi connectivity index (χ4n) is 1.48. The summed E-state index contributed by atoms with van der Waals surface area (Å²) in [4.78, 5) is 3.94. The van der Waals surface area contributed by atoms with Crippen molar-refractivity contribution < 1.29 is 9.47 Å². The predicted molar refractivity (Wildman–Crippen MR) is 53.1 cm³/mol. The van der Waals surface area contributed by atoms with Crippen LogP contribution in [0, 0.1) is 0 Å². The highest BCUT2D eigenvalue weighted by Crippen LogP contribution is 2.16. The Kier molecular flexibility index (Phi) is 2.84. The van der Waals surface area contributed by atoms with Crippen molar-refractivity contribution in [1.29, 1.82) is 0 Å². The Morgan fingerprint density at radius 2 is 2.50 bits per heavy atom. The number of nitrogens with zero attached hydrogens (tertiary/aromatic N) is 1. The second kappa shape index (κ2) is 4.28. The van der Waals surface area contributed by atoms with E-state index >= 15 is 0 Å². The zero-order valence-electron chi connectivity index (χ0n) is 7.98. The number of hydrogen-bond acceptors (Lipinski definition) is 4. The summed E-state index contributed by atoms with van der Waals surface area (Å²) in [5.74, 6) is 0.709. The van der Waals surface area contributed by atoms with E-state index in [2.05, 4.69) is 4.98 Å². The smallest absolute Gasteiger partial charge is 0.139 e. The Balaban J connectivity index is 1.85. The van der Waals surface area contributed by atoms with Crippen LogP contribution in [0.2, 0.25) is 0 Å². The van der Waals surface area contributed by atoms with E-state index in [1.165, 1.54) is 0 Å². The Hall–Kier alpha value is -1.29. The molecule has 76 valence electrons. The average molecular weight is 194 g/mol. The van der Waals surface area contributed by atoms with Gasteiger partial charge in [0, 0.05) is 12.7 Å². The molecule has 0 spiro atoms. The Morgan fingerprint density at radius 3 is 3.21 bits per heavy atom. The van der Waals surface area contributed by atoms with E-state index in [4.69, 9.17) is 15.2 Å². The highest BCUT2D eigenvalue weighted by molar-refractivity contribution is 5.39. The molecular formula is C10H14N2O2. The first-order valence-corrected chi connectivity index (χ1v) is 4.79. The average Bonchev–Trinajstić information content (AvgIpc) is 2.67. The first-order valence-electron chi connectivity index (χ1n) is 4.79. The van der Waals surface area contributed by atoms with Gasteiger partial charge in [0.2, 0.25) is 0 Å². The summed E-state index contributed by atoms with van der Waals surface area (Å²) in [6, 6.07) is 1.77. The van der Waals surface area contributed by atoms with Crippen molar-refractivity contribution in [3.05, 3.63) is 18.5 Å². The third-order valence-electron chi connectivity index (χ3n) is 2.19. The molecule has 1 aromatic rings. The number of anilines is 1. The van der Waals surface area contributed by atoms with Crippen molar-refractivity contribution in [3.63, 3.8) is 0 Å². The van der Waals surface area contributed by atoms with Crippen LogP contribution in [-0.4, -0.2) is 24.3 Å². The van der Waals surface area contributed by atoms with Crippen molar-refractivity contribution in [1.82, 2.24) is 4.98 Å². The number of ether oxygens (including phenoxy) is 2. The first kappa shape index (κ1) is 9.27. The van der Waals surface area contributed by atoms with Crippen LogP contribution in [0.4, 0.5) is 5.69 Å². The second-order valence-electron chi connectivity index (χ2n) is 3.40. The zero-order chi connectivity index (χ0) is 9.80. The Morgan fingerprint density at radius 1 is 1.57 bits per heavy atom. The van der Waals surface area contributed by atoms with Gasteiger partial charge in [0.05, 0.1) is 24.2 Å². The molecule has 2 heterocycles. The van der Waals surface area contributed by atoms with E-state index in [0.717, 1.165) is 19.4 Å². The molecule has 1 saturated heterocycles. The number of pyridine rings is 1. The third-order valence-corrected chi connectivity index (χ3v) is 2.19. The van der Waals surface area contributed by atoms with Gasteiger partial charge in [-0.25, -0.2) is 0 Å². The third kappa shape index (κ3) is 2.35. The van der Waals surface area contributed by atoms with Gasteiger partial charge in [-0.05, 0) is 12.8 Å². The van der Waals surface area contributed by atoms with Crippen LogP contribution in [0.3, 0.4) is 0 Å². The second-order valence-corrected chi connectivity index (χ2v) is 3.40. The maximum atomic E-state index is 5.57. The van der Waals surface area contributed by atoms with Crippen molar-refractivity contribution in [2.45, 2.75) is 18.9 Å². The van der Waals surface area contributed by atoms with Crippen molar-refractivity contribution >= 4 is 5.69 Å². The summed E-state index contributed by atoms with van der Waals surface area (Å²) in [5, 5.41) is 0. The summed E-state index contributed by atoms with van der Waals surface area (Å²) < 4.78 is 10.9. The molecule has 0 aliphatic carbocycles. The van der Waals surface area contributed by atoms with E-state index in [1.54, 1.807) is 18.5 Å². The fraction of sp³-hybridized carbons (Fsp3) is 0.500. The molecule has 0 saturated carbocycles. The van der Waals surface area contributed by atoms with Crippen molar-refractivity contribution in [3.8, 4) is 5.75 Å². The van der Waals surface area contributed by atoms with E-state index in [0.29, 0.717) is 18.0 Å². The summed E-state index contributed by atoms with van der Waals surface area (Å²) in [5.41, 5.74) is 6.19. The van der Waals surface area contributed by atoms with Gasteiger partial charge in [0.25, 0.3) is 0 Å². The van der Waals surface area contributed by atoms with Gasteiger partial charge in [0.15, 0.2) is 0 Å². The predicted octanol–water partition coefficient (Wildman–Crippen LogP) is 1.22. The highest BCUT2D eigenvalue weighted by atomic mass is 16.5. The van der Waals surface area contributed by atoms with Gasteiger partial charge >= 0.3 is 0 Å². The van der Waals surface area contributed by atoms with Gasteiger partial charge in [-0.3, -0.25) is 4.98 Å². The minimum atomic E-state index is 0.233. The lowest BCUT2D eigenvalue weighted by Gasteiger charge is -2.10. The molecule has 2 N–H and O–H groups in total. The van der Waals surface area contributed by atoms with Crippen LogP contribution in [0.5, 0.6) is 5.75 Å². The fourth-order valence-corrected chi connectivity index (χ4v) is 1.48. The minimum absolute atomic E-state index is 0.233. The highest BCUT2D eigenvalue weighted by Gasteiger charge is 2.15. The van der Waals surface area contributed by atoms with Gasteiger partial charge in [-0.15, -0.1) is 0 Å². The molecule has 0 unspecified atom stereocenters. The number of rotatable bonds is 3.